The molecule has 1 saturated carbocycles. The van der Waals surface area contributed by atoms with Gasteiger partial charge >= 0.3 is 18.3 Å². The van der Waals surface area contributed by atoms with Crippen LogP contribution >= 0.6 is 0 Å². The second kappa shape index (κ2) is 14.2. The Balaban J connectivity index is 1.68. The molecule has 0 amide bonds. The highest BCUT2D eigenvalue weighted by Crippen LogP contribution is 2.46. The number of carbonyl (C=O) groups excluding carboxylic acids is 1. The van der Waals surface area contributed by atoms with Gasteiger partial charge in [-0.05, 0) is 85.5 Å². The molecule has 3 aromatic rings. The van der Waals surface area contributed by atoms with Gasteiger partial charge in [0, 0.05) is 19.4 Å². The lowest BCUT2D eigenvalue weighted by Crippen LogP contribution is -2.44. The smallest absolute Gasteiger partial charge is 0.416 e. The summed E-state index contributed by atoms with van der Waals surface area (Å²) in [6.07, 6.45) is -10.4. The Hall–Kier alpha value is -3.37. The van der Waals surface area contributed by atoms with Crippen LogP contribution < -0.4 is 5.32 Å². The molecule has 0 saturated heterocycles. The summed E-state index contributed by atoms with van der Waals surface area (Å²) in [5.41, 5.74) is 0.0972. The molecule has 238 valence electrons. The van der Waals surface area contributed by atoms with Gasteiger partial charge in [-0.3, -0.25) is 4.79 Å². The number of esters is 1. The van der Waals surface area contributed by atoms with E-state index in [0.717, 1.165) is 28.8 Å². The number of carbonyl (C=O) groups is 1. The van der Waals surface area contributed by atoms with Crippen molar-refractivity contribution in [3.05, 3.63) is 106 Å². The third-order valence-electron chi connectivity index (χ3n) is 8.35. The number of benzene rings is 3. The van der Waals surface area contributed by atoms with Crippen molar-refractivity contribution >= 4 is 5.97 Å². The largest absolute Gasteiger partial charge is 0.466 e. The number of ether oxygens (including phenoxy) is 2. The first kappa shape index (κ1) is 33.5. The van der Waals surface area contributed by atoms with Gasteiger partial charge in [-0.1, -0.05) is 54.6 Å². The maximum atomic E-state index is 13.6. The molecule has 4 rings (SSSR count). The molecule has 5 atom stereocenters. The van der Waals surface area contributed by atoms with E-state index in [4.69, 9.17) is 9.47 Å². The van der Waals surface area contributed by atoms with E-state index in [9.17, 15) is 31.1 Å². The molecule has 0 aliphatic heterocycles. The highest BCUT2D eigenvalue weighted by atomic mass is 19.4. The normalized spacial score (nSPS) is 21.6. The van der Waals surface area contributed by atoms with Gasteiger partial charge < -0.3 is 14.8 Å². The molecule has 44 heavy (non-hydrogen) atoms. The third-order valence-corrected chi connectivity index (χ3v) is 8.35. The molecule has 0 heterocycles. The summed E-state index contributed by atoms with van der Waals surface area (Å²) in [5.74, 6) is -0.834. The summed E-state index contributed by atoms with van der Waals surface area (Å²) in [6.45, 7) is 6.10. The maximum Gasteiger partial charge on any atom is 0.416 e. The minimum atomic E-state index is -4.95. The molecule has 1 aliphatic carbocycles. The minimum absolute atomic E-state index is 0.0488. The van der Waals surface area contributed by atoms with Gasteiger partial charge in [-0.2, -0.15) is 26.3 Å². The van der Waals surface area contributed by atoms with E-state index in [1.807, 2.05) is 61.5 Å². The molecule has 1 N–H and O–H groups in total. The molecule has 10 heteroatoms. The molecular formula is C34H37F6NO3. The van der Waals surface area contributed by atoms with Gasteiger partial charge in [0.25, 0.3) is 0 Å². The van der Waals surface area contributed by atoms with E-state index in [1.165, 1.54) is 13.8 Å². The Bertz CT molecular complexity index is 1360. The molecule has 1 aliphatic rings. The van der Waals surface area contributed by atoms with Gasteiger partial charge in [-0.15, -0.1) is 0 Å². The van der Waals surface area contributed by atoms with Crippen LogP contribution in [0.4, 0.5) is 26.3 Å². The Kier molecular flexibility index (Phi) is 10.8. The number of halogens is 6. The van der Waals surface area contributed by atoms with Crippen LogP contribution in [0.25, 0.3) is 0 Å². The zero-order chi connectivity index (χ0) is 32.1. The average Bonchev–Trinajstić information content (AvgIpc) is 2.96. The zero-order valence-electron chi connectivity index (χ0n) is 24.8. The van der Waals surface area contributed by atoms with Crippen molar-refractivity contribution in [1.29, 1.82) is 0 Å². The summed E-state index contributed by atoms with van der Waals surface area (Å²) in [6, 6.07) is 19.1. The van der Waals surface area contributed by atoms with Crippen molar-refractivity contribution in [2.24, 2.45) is 11.8 Å². The van der Waals surface area contributed by atoms with Gasteiger partial charge in [0.2, 0.25) is 0 Å². The fourth-order valence-corrected chi connectivity index (χ4v) is 6.14. The Labute approximate surface area is 253 Å². The molecule has 4 nitrogen and oxygen atoms in total. The van der Waals surface area contributed by atoms with E-state index < -0.39 is 41.7 Å². The lowest BCUT2D eigenvalue weighted by molar-refractivity contribution is -0.144. The van der Waals surface area contributed by atoms with E-state index in [1.54, 1.807) is 0 Å². The number of nitrogens with one attached hydrogen (secondary N) is 1. The summed E-state index contributed by atoms with van der Waals surface area (Å²) >= 11 is 0. The Morgan fingerprint density at radius 3 is 2.11 bits per heavy atom. The van der Waals surface area contributed by atoms with Crippen LogP contribution in [0, 0.1) is 18.8 Å². The van der Waals surface area contributed by atoms with Gasteiger partial charge in [-0.25, -0.2) is 0 Å². The van der Waals surface area contributed by atoms with Crippen molar-refractivity contribution in [3.63, 3.8) is 0 Å². The number of hydrogen-bond donors (Lipinski definition) is 1. The van der Waals surface area contributed by atoms with Crippen LogP contribution in [0.15, 0.2) is 72.8 Å². The molecule has 0 radical (unpaired) electrons. The van der Waals surface area contributed by atoms with Crippen molar-refractivity contribution in [1.82, 2.24) is 5.32 Å². The molecule has 3 aromatic carbocycles. The number of hydrogen-bond acceptors (Lipinski definition) is 4. The average molecular weight is 622 g/mol. The van der Waals surface area contributed by atoms with Gasteiger partial charge in [0.1, 0.15) is 0 Å². The number of rotatable bonds is 10. The quantitative estimate of drug-likeness (QED) is 0.182. The zero-order valence-corrected chi connectivity index (χ0v) is 24.8. The lowest BCUT2D eigenvalue weighted by atomic mass is 9.67. The van der Waals surface area contributed by atoms with Gasteiger partial charge in [0.15, 0.2) is 0 Å². The first-order valence-electron chi connectivity index (χ1n) is 14.6. The van der Waals surface area contributed by atoms with Crippen molar-refractivity contribution in [2.45, 2.75) is 70.6 Å². The van der Waals surface area contributed by atoms with Crippen LogP contribution in [0.5, 0.6) is 0 Å². The summed E-state index contributed by atoms with van der Waals surface area (Å²) in [7, 11) is 0. The van der Waals surface area contributed by atoms with Crippen molar-refractivity contribution < 1.29 is 40.6 Å². The lowest BCUT2D eigenvalue weighted by Gasteiger charge is -2.44. The van der Waals surface area contributed by atoms with Gasteiger partial charge in [0.05, 0.1) is 29.9 Å². The van der Waals surface area contributed by atoms with E-state index >= 15 is 0 Å². The molecule has 1 fully saturated rings. The summed E-state index contributed by atoms with van der Waals surface area (Å²) < 4.78 is 93.5. The molecule has 0 unspecified atom stereocenters. The Morgan fingerprint density at radius 1 is 0.909 bits per heavy atom. The summed E-state index contributed by atoms with van der Waals surface area (Å²) in [5, 5.41) is 3.52. The fraction of sp³-hybridized carbons (Fsp3) is 0.441. The molecular weight excluding hydrogens is 584 g/mol. The maximum absolute atomic E-state index is 13.6. The molecule has 0 aromatic heterocycles. The summed E-state index contributed by atoms with van der Waals surface area (Å²) in [4.78, 5) is 11.7. The van der Waals surface area contributed by atoms with E-state index in [0.29, 0.717) is 25.9 Å². The van der Waals surface area contributed by atoms with Crippen molar-refractivity contribution in [3.8, 4) is 0 Å². The molecule has 0 bridgehead atoms. The van der Waals surface area contributed by atoms with Crippen LogP contribution in [-0.2, 0) is 33.2 Å². The van der Waals surface area contributed by atoms with Crippen molar-refractivity contribution in [2.75, 3.05) is 13.2 Å². The standard InChI is InChI=1S/C34H37F6NO3/c1-21-9-7-8-12-29(21)32-30(19-41-18-24-10-5-4-6-11-24)25(20-43-23(3)42)13-14-31(32)44-22(2)26-15-27(33(35,36)37)17-28(16-26)34(38,39)40/h4-12,15-17,22,25,30-32,41H,13-14,18-20H2,1-3H3/t22-,25-,30-,31+,32+/m1/s1. The first-order valence-corrected chi connectivity index (χ1v) is 14.6. The third kappa shape index (κ3) is 8.63. The Morgan fingerprint density at radius 2 is 1.52 bits per heavy atom. The number of aryl methyl sites for hydroxylation is 1. The first-order chi connectivity index (χ1) is 20.7. The SMILES string of the molecule is CC(=O)OC[C@H]1CC[C@H](O[C@H](C)c2cc(C(F)(F)F)cc(C(F)(F)F)c2)[C@@H](c2ccccc2C)[C@@H]1CNCc1ccccc1. The van der Waals surface area contributed by atoms with Crippen LogP contribution in [0.3, 0.4) is 0 Å². The van der Waals surface area contributed by atoms with E-state index in [-0.39, 0.29) is 36.0 Å². The fourth-order valence-electron chi connectivity index (χ4n) is 6.14. The molecule has 0 spiro atoms. The van der Waals surface area contributed by atoms with E-state index in [2.05, 4.69) is 5.32 Å². The highest BCUT2D eigenvalue weighted by Gasteiger charge is 2.43. The van der Waals surface area contributed by atoms with Crippen LogP contribution in [0.2, 0.25) is 0 Å². The van der Waals surface area contributed by atoms with Crippen LogP contribution in [-0.4, -0.2) is 25.2 Å². The topological polar surface area (TPSA) is 47.6 Å². The minimum Gasteiger partial charge on any atom is -0.466 e. The predicted octanol–water partition coefficient (Wildman–Crippen LogP) is 8.64. The second-order valence-corrected chi connectivity index (χ2v) is 11.5. The number of alkyl halides is 6. The van der Waals surface area contributed by atoms with Crippen LogP contribution in [0.1, 0.15) is 72.1 Å². The monoisotopic (exact) mass is 621 g/mol. The second-order valence-electron chi connectivity index (χ2n) is 11.5. The highest BCUT2D eigenvalue weighted by molar-refractivity contribution is 5.65. The predicted molar refractivity (Wildman–Crippen MR) is 155 cm³/mol.